The standard InChI is InChI=1S/C9H9NO2/c1-6-2-3-7-4-8(11)5-12-9(7)10-6/h2-3H,4-5H2,1H3. The molecule has 3 heteroatoms. The Morgan fingerprint density at radius 1 is 1.50 bits per heavy atom. The number of fused-ring (bicyclic) bond motifs is 1. The van der Waals surface area contributed by atoms with E-state index in [9.17, 15) is 4.79 Å². The Morgan fingerprint density at radius 3 is 3.17 bits per heavy atom. The molecule has 0 aliphatic carbocycles. The summed E-state index contributed by atoms with van der Waals surface area (Å²) < 4.78 is 5.16. The molecular weight excluding hydrogens is 154 g/mol. The molecule has 0 bridgehead atoms. The Kier molecular flexibility index (Phi) is 1.57. The smallest absolute Gasteiger partial charge is 0.217 e. The summed E-state index contributed by atoms with van der Waals surface area (Å²) >= 11 is 0. The largest absolute Gasteiger partial charge is 0.469 e. The summed E-state index contributed by atoms with van der Waals surface area (Å²) in [5.74, 6) is 0.739. The van der Waals surface area contributed by atoms with E-state index in [2.05, 4.69) is 4.98 Å². The minimum atomic E-state index is 0.119. The van der Waals surface area contributed by atoms with Crippen molar-refractivity contribution < 1.29 is 9.53 Å². The Morgan fingerprint density at radius 2 is 2.33 bits per heavy atom. The van der Waals surface area contributed by atoms with Crippen molar-refractivity contribution in [1.29, 1.82) is 0 Å². The highest BCUT2D eigenvalue weighted by Gasteiger charge is 2.17. The third-order valence-corrected chi connectivity index (χ3v) is 1.84. The van der Waals surface area contributed by atoms with Gasteiger partial charge in [0, 0.05) is 17.7 Å². The average molecular weight is 163 g/mol. The highest BCUT2D eigenvalue weighted by atomic mass is 16.5. The van der Waals surface area contributed by atoms with Crippen LogP contribution in [-0.2, 0) is 11.2 Å². The zero-order chi connectivity index (χ0) is 8.55. The predicted octanol–water partition coefficient (Wildman–Crippen LogP) is 0.894. The lowest BCUT2D eigenvalue weighted by atomic mass is 10.1. The summed E-state index contributed by atoms with van der Waals surface area (Å²) in [6.07, 6.45) is 0.461. The molecule has 0 saturated heterocycles. The first-order chi connectivity index (χ1) is 5.75. The van der Waals surface area contributed by atoms with E-state index in [0.717, 1.165) is 11.3 Å². The van der Waals surface area contributed by atoms with Gasteiger partial charge in [-0.25, -0.2) is 4.98 Å². The molecule has 0 N–H and O–H groups in total. The molecule has 12 heavy (non-hydrogen) atoms. The monoisotopic (exact) mass is 163 g/mol. The summed E-state index contributed by atoms with van der Waals surface area (Å²) in [7, 11) is 0. The second-order valence-electron chi connectivity index (χ2n) is 2.92. The molecule has 0 amide bonds. The quantitative estimate of drug-likeness (QED) is 0.570. The maximum Gasteiger partial charge on any atom is 0.217 e. The van der Waals surface area contributed by atoms with Gasteiger partial charge >= 0.3 is 0 Å². The molecule has 3 nitrogen and oxygen atoms in total. The minimum absolute atomic E-state index is 0.119. The van der Waals surface area contributed by atoms with Crippen molar-refractivity contribution in [2.75, 3.05) is 6.61 Å². The van der Waals surface area contributed by atoms with E-state index in [0.29, 0.717) is 12.3 Å². The highest BCUT2D eigenvalue weighted by Crippen LogP contribution is 2.20. The Labute approximate surface area is 70.4 Å². The minimum Gasteiger partial charge on any atom is -0.469 e. The first-order valence-corrected chi connectivity index (χ1v) is 3.87. The second kappa shape index (κ2) is 2.59. The predicted molar refractivity (Wildman–Crippen MR) is 43.2 cm³/mol. The van der Waals surface area contributed by atoms with Crippen LogP contribution in [0.15, 0.2) is 12.1 Å². The molecule has 0 aromatic carbocycles. The molecule has 2 heterocycles. The van der Waals surface area contributed by atoms with Crippen LogP contribution in [0.1, 0.15) is 11.3 Å². The molecule has 1 aromatic heterocycles. The van der Waals surface area contributed by atoms with Crippen LogP contribution in [0.2, 0.25) is 0 Å². The van der Waals surface area contributed by atoms with E-state index < -0.39 is 0 Å². The van der Waals surface area contributed by atoms with E-state index in [1.807, 2.05) is 19.1 Å². The molecule has 0 saturated carbocycles. The average Bonchev–Trinajstić information content (AvgIpc) is 2.05. The first-order valence-electron chi connectivity index (χ1n) is 3.87. The van der Waals surface area contributed by atoms with Crippen LogP contribution < -0.4 is 4.74 Å². The fraction of sp³-hybridized carbons (Fsp3) is 0.333. The van der Waals surface area contributed by atoms with Gasteiger partial charge in [-0.3, -0.25) is 4.79 Å². The van der Waals surface area contributed by atoms with Gasteiger partial charge in [0.15, 0.2) is 5.78 Å². The van der Waals surface area contributed by atoms with Crippen molar-refractivity contribution in [2.45, 2.75) is 13.3 Å². The molecule has 0 atom stereocenters. The number of pyridine rings is 1. The van der Waals surface area contributed by atoms with E-state index in [-0.39, 0.29) is 12.4 Å². The topological polar surface area (TPSA) is 39.2 Å². The van der Waals surface area contributed by atoms with Gasteiger partial charge in [0.1, 0.15) is 6.61 Å². The number of ketones is 1. The van der Waals surface area contributed by atoms with Gasteiger partial charge in [-0.1, -0.05) is 6.07 Å². The number of carbonyl (C=O) groups excluding carboxylic acids is 1. The van der Waals surface area contributed by atoms with Crippen LogP contribution in [-0.4, -0.2) is 17.4 Å². The number of Topliss-reactive ketones (excluding diaryl/α,β-unsaturated/α-hetero) is 1. The van der Waals surface area contributed by atoms with Crippen molar-refractivity contribution in [3.05, 3.63) is 23.4 Å². The van der Waals surface area contributed by atoms with Gasteiger partial charge in [-0.05, 0) is 13.0 Å². The molecule has 1 aliphatic rings. The fourth-order valence-corrected chi connectivity index (χ4v) is 1.23. The third kappa shape index (κ3) is 1.18. The molecule has 62 valence electrons. The summed E-state index contributed by atoms with van der Waals surface area (Å²) in [5.41, 5.74) is 1.82. The normalized spacial score (nSPS) is 15.2. The molecule has 0 unspecified atom stereocenters. The van der Waals surface area contributed by atoms with E-state index in [4.69, 9.17) is 4.74 Å². The fourth-order valence-electron chi connectivity index (χ4n) is 1.23. The van der Waals surface area contributed by atoms with Crippen molar-refractivity contribution in [2.24, 2.45) is 0 Å². The highest BCUT2D eigenvalue weighted by molar-refractivity contribution is 5.84. The number of aromatic nitrogens is 1. The van der Waals surface area contributed by atoms with Gasteiger partial charge < -0.3 is 4.74 Å². The van der Waals surface area contributed by atoms with Crippen molar-refractivity contribution in [3.63, 3.8) is 0 Å². The number of nitrogens with zero attached hydrogens (tertiary/aromatic N) is 1. The summed E-state index contributed by atoms with van der Waals surface area (Å²) in [6.45, 7) is 2.07. The number of aryl methyl sites for hydroxylation is 1. The van der Waals surface area contributed by atoms with Gasteiger partial charge in [0.25, 0.3) is 0 Å². The maximum atomic E-state index is 11.0. The van der Waals surface area contributed by atoms with Crippen molar-refractivity contribution in [1.82, 2.24) is 4.98 Å². The molecule has 1 aliphatic heterocycles. The van der Waals surface area contributed by atoms with Crippen LogP contribution in [0.25, 0.3) is 0 Å². The Balaban J connectivity index is 2.43. The number of hydrogen-bond acceptors (Lipinski definition) is 3. The van der Waals surface area contributed by atoms with E-state index in [1.54, 1.807) is 0 Å². The lowest BCUT2D eigenvalue weighted by molar-refractivity contribution is -0.121. The molecule has 0 fully saturated rings. The zero-order valence-corrected chi connectivity index (χ0v) is 6.83. The number of carbonyl (C=O) groups is 1. The Hall–Kier alpha value is -1.38. The maximum absolute atomic E-state index is 11.0. The lowest BCUT2D eigenvalue weighted by Crippen LogP contribution is -2.21. The molecular formula is C9H9NO2. The second-order valence-corrected chi connectivity index (χ2v) is 2.92. The third-order valence-electron chi connectivity index (χ3n) is 1.84. The van der Waals surface area contributed by atoms with Crippen LogP contribution in [0.4, 0.5) is 0 Å². The SMILES string of the molecule is Cc1ccc2c(n1)OCC(=O)C2. The summed E-state index contributed by atoms with van der Waals surface area (Å²) in [6, 6.07) is 3.79. The molecule has 1 aromatic rings. The van der Waals surface area contributed by atoms with Gasteiger partial charge in [-0.2, -0.15) is 0 Å². The van der Waals surface area contributed by atoms with Crippen molar-refractivity contribution in [3.8, 4) is 5.88 Å². The van der Waals surface area contributed by atoms with Gasteiger partial charge in [0.05, 0.1) is 0 Å². The number of rotatable bonds is 0. The van der Waals surface area contributed by atoms with Gasteiger partial charge in [-0.15, -0.1) is 0 Å². The number of hydrogen-bond donors (Lipinski definition) is 0. The van der Waals surface area contributed by atoms with E-state index in [1.165, 1.54) is 0 Å². The summed E-state index contributed by atoms with van der Waals surface area (Å²) in [4.78, 5) is 15.1. The summed E-state index contributed by atoms with van der Waals surface area (Å²) in [5, 5.41) is 0. The first kappa shape index (κ1) is 7.28. The number of ether oxygens (including phenoxy) is 1. The van der Waals surface area contributed by atoms with Gasteiger partial charge in [0.2, 0.25) is 5.88 Å². The van der Waals surface area contributed by atoms with E-state index >= 15 is 0 Å². The Bertz CT molecular complexity index is 333. The molecule has 2 rings (SSSR count). The van der Waals surface area contributed by atoms with Crippen molar-refractivity contribution >= 4 is 5.78 Å². The molecule has 0 radical (unpaired) electrons. The van der Waals surface area contributed by atoms with Crippen LogP contribution >= 0.6 is 0 Å². The van der Waals surface area contributed by atoms with Crippen LogP contribution in [0.3, 0.4) is 0 Å². The zero-order valence-electron chi connectivity index (χ0n) is 6.83. The van der Waals surface area contributed by atoms with Crippen LogP contribution in [0.5, 0.6) is 5.88 Å². The molecule has 0 spiro atoms. The van der Waals surface area contributed by atoms with Crippen LogP contribution in [0, 0.1) is 6.92 Å². The lowest BCUT2D eigenvalue weighted by Gasteiger charge is -2.14.